The van der Waals surface area contributed by atoms with Gasteiger partial charge in [-0.05, 0) is 56.7 Å². The van der Waals surface area contributed by atoms with Crippen LogP contribution >= 0.6 is 0 Å². The minimum Gasteiger partial charge on any atom is -0.342 e. The predicted molar refractivity (Wildman–Crippen MR) is 82.7 cm³/mol. The van der Waals surface area contributed by atoms with E-state index in [0.29, 0.717) is 6.54 Å². The maximum atomic E-state index is 12.5. The molecule has 0 radical (unpaired) electrons. The van der Waals surface area contributed by atoms with Crippen LogP contribution in [0.3, 0.4) is 0 Å². The summed E-state index contributed by atoms with van der Waals surface area (Å²) >= 11 is 0. The van der Waals surface area contributed by atoms with E-state index in [9.17, 15) is 4.79 Å². The molecule has 1 saturated heterocycles. The zero-order chi connectivity index (χ0) is 14.7. The van der Waals surface area contributed by atoms with Crippen molar-refractivity contribution in [1.29, 1.82) is 0 Å². The molecule has 2 rings (SSSR count). The van der Waals surface area contributed by atoms with E-state index in [1.165, 1.54) is 22.3 Å². The minimum atomic E-state index is -0.0757. The number of aryl methyl sites for hydroxylation is 3. The lowest BCUT2D eigenvalue weighted by Gasteiger charge is -2.23. The van der Waals surface area contributed by atoms with Gasteiger partial charge in [-0.15, -0.1) is 0 Å². The molecule has 0 aromatic heterocycles. The van der Waals surface area contributed by atoms with Gasteiger partial charge in [-0.25, -0.2) is 0 Å². The molecule has 1 amide bonds. The van der Waals surface area contributed by atoms with Crippen molar-refractivity contribution in [1.82, 2.24) is 4.90 Å². The van der Waals surface area contributed by atoms with Gasteiger partial charge in [0.2, 0.25) is 5.91 Å². The van der Waals surface area contributed by atoms with Crippen LogP contribution in [-0.4, -0.2) is 30.4 Å². The molecule has 0 bridgehead atoms. The maximum absolute atomic E-state index is 12.5. The molecule has 1 aromatic rings. The Morgan fingerprint density at radius 2 is 1.75 bits per heavy atom. The Labute approximate surface area is 122 Å². The van der Waals surface area contributed by atoms with Crippen molar-refractivity contribution in [3.63, 3.8) is 0 Å². The van der Waals surface area contributed by atoms with E-state index in [1.54, 1.807) is 0 Å². The summed E-state index contributed by atoms with van der Waals surface area (Å²) in [6, 6.07) is 4.38. The van der Waals surface area contributed by atoms with Gasteiger partial charge in [0.05, 0.1) is 5.92 Å². The molecule has 0 saturated carbocycles. The third-order valence-electron chi connectivity index (χ3n) is 4.34. The van der Waals surface area contributed by atoms with E-state index in [0.717, 1.165) is 32.4 Å². The van der Waals surface area contributed by atoms with E-state index in [4.69, 9.17) is 5.73 Å². The van der Waals surface area contributed by atoms with Crippen LogP contribution in [0.5, 0.6) is 0 Å². The number of carbonyl (C=O) groups excluding carboxylic acids is 1. The van der Waals surface area contributed by atoms with Crippen molar-refractivity contribution in [3.05, 3.63) is 34.4 Å². The molecule has 3 nitrogen and oxygen atoms in total. The quantitative estimate of drug-likeness (QED) is 0.916. The fourth-order valence-electron chi connectivity index (χ4n) is 3.25. The van der Waals surface area contributed by atoms with Gasteiger partial charge in [-0.2, -0.15) is 0 Å². The second-order valence-corrected chi connectivity index (χ2v) is 6.05. The molecule has 1 aliphatic heterocycles. The fraction of sp³-hybridized carbons (Fsp3) is 0.588. The van der Waals surface area contributed by atoms with Crippen molar-refractivity contribution < 1.29 is 4.79 Å². The standard InChI is InChI=1S/C17H26N2O/c1-12-8-13(2)16(14(3)9-12)10-15(11-18)17(20)19-6-4-5-7-19/h8-9,15H,4-7,10-11,18H2,1-3H3. The van der Waals surface area contributed by atoms with E-state index >= 15 is 0 Å². The number of rotatable bonds is 4. The second-order valence-electron chi connectivity index (χ2n) is 6.05. The summed E-state index contributed by atoms with van der Waals surface area (Å²) < 4.78 is 0. The third kappa shape index (κ3) is 3.21. The number of hydrogen-bond donors (Lipinski definition) is 1. The molecule has 1 atom stereocenters. The van der Waals surface area contributed by atoms with Crippen LogP contribution in [0.2, 0.25) is 0 Å². The topological polar surface area (TPSA) is 46.3 Å². The highest BCUT2D eigenvalue weighted by molar-refractivity contribution is 5.79. The second kappa shape index (κ2) is 6.40. The van der Waals surface area contributed by atoms with Crippen molar-refractivity contribution >= 4 is 5.91 Å². The average molecular weight is 274 g/mol. The highest BCUT2D eigenvalue weighted by atomic mass is 16.2. The zero-order valence-corrected chi connectivity index (χ0v) is 12.9. The Bertz CT molecular complexity index is 467. The molecule has 1 fully saturated rings. The molecular formula is C17H26N2O. The first-order chi connectivity index (χ1) is 9.52. The fourth-order valence-corrected chi connectivity index (χ4v) is 3.25. The summed E-state index contributed by atoms with van der Waals surface area (Å²) in [5.74, 6) is 0.164. The molecule has 0 spiro atoms. The summed E-state index contributed by atoms with van der Waals surface area (Å²) in [5.41, 5.74) is 11.0. The number of nitrogens with zero attached hydrogens (tertiary/aromatic N) is 1. The summed E-state index contributed by atoms with van der Waals surface area (Å²) in [6.07, 6.45) is 3.03. The number of benzene rings is 1. The largest absolute Gasteiger partial charge is 0.342 e. The van der Waals surface area contributed by atoms with Gasteiger partial charge in [0, 0.05) is 19.6 Å². The molecule has 1 heterocycles. The number of carbonyl (C=O) groups is 1. The first-order valence-electron chi connectivity index (χ1n) is 7.58. The Hall–Kier alpha value is -1.35. The van der Waals surface area contributed by atoms with E-state index in [2.05, 4.69) is 32.9 Å². The van der Waals surface area contributed by atoms with E-state index in [-0.39, 0.29) is 11.8 Å². The van der Waals surface area contributed by atoms with Crippen LogP contribution in [0.15, 0.2) is 12.1 Å². The van der Waals surface area contributed by atoms with Gasteiger partial charge in [0.1, 0.15) is 0 Å². The zero-order valence-electron chi connectivity index (χ0n) is 12.9. The first kappa shape index (κ1) is 15.0. The summed E-state index contributed by atoms with van der Waals surface area (Å²) in [5, 5.41) is 0. The molecule has 2 N–H and O–H groups in total. The van der Waals surface area contributed by atoms with Crippen LogP contribution in [0.4, 0.5) is 0 Å². The summed E-state index contributed by atoms with van der Waals surface area (Å²) in [4.78, 5) is 14.5. The number of hydrogen-bond acceptors (Lipinski definition) is 2. The lowest BCUT2D eigenvalue weighted by atomic mass is 9.90. The van der Waals surface area contributed by atoms with Crippen LogP contribution in [0.25, 0.3) is 0 Å². The van der Waals surface area contributed by atoms with Gasteiger partial charge in [-0.1, -0.05) is 17.7 Å². The molecule has 20 heavy (non-hydrogen) atoms. The Balaban J connectivity index is 2.15. The Morgan fingerprint density at radius 3 is 2.25 bits per heavy atom. The van der Waals surface area contributed by atoms with Gasteiger partial charge in [-0.3, -0.25) is 4.79 Å². The van der Waals surface area contributed by atoms with Crippen molar-refractivity contribution in [2.75, 3.05) is 19.6 Å². The Morgan fingerprint density at radius 1 is 1.20 bits per heavy atom. The van der Waals surface area contributed by atoms with Gasteiger partial charge >= 0.3 is 0 Å². The van der Waals surface area contributed by atoms with Gasteiger partial charge in [0.15, 0.2) is 0 Å². The minimum absolute atomic E-state index is 0.0757. The summed E-state index contributed by atoms with van der Waals surface area (Å²) in [6.45, 7) is 8.61. The number of nitrogens with two attached hydrogens (primary N) is 1. The first-order valence-corrected chi connectivity index (χ1v) is 7.58. The van der Waals surface area contributed by atoms with Crippen molar-refractivity contribution in [3.8, 4) is 0 Å². The molecule has 1 unspecified atom stereocenters. The molecule has 0 aliphatic carbocycles. The van der Waals surface area contributed by atoms with Crippen molar-refractivity contribution in [2.45, 2.75) is 40.0 Å². The number of likely N-dealkylation sites (tertiary alicyclic amines) is 1. The highest BCUT2D eigenvalue weighted by Gasteiger charge is 2.26. The number of amides is 1. The van der Waals surface area contributed by atoms with Crippen molar-refractivity contribution in [2.24, 2.45) is 11.7 Å². The third-order valence-corrected chi connectivity index (χ3v) is 4.34. The van der Waals surface area contributed by atoms with Crippen LogP contribution in [0, 0.1) is 26.7 Å². The summed E-state index contributed by atoms with van der Waals surface area (Å²) in [7, 11) is 0. The molecule has 3 heteroatoms. The Kier molecular flexibility index (Phi) is 4.81. The van der Waals surface area contributed by atoms with Crippen LogP contribution < -0.4 is 5.73 Å². The maximum Gasteiger partial charge on any atom is 0.227 e. The van der Waals surface area contributed by atoms with E-state index in [1.807, 2.05) is 4.90 Å². The SMILES string of the molecule is Cc1cc(C)c(CC(CN)C(=O)N2CCCC2)c(C)c1. The smallest absolute Gasteiger partial charge is 0.227 e. The van der Waals surface area contributed by atoms with Gasteiger partial charge < -0.3 is 10.6 Å². The van der Waals surface area contributed by atoms with E-state index < -0.39 is 0 Å². The predicted octanol–water partition coefficient (Wildman–Crippen LogP) is 2.35. The molecular weight excluding hydrogens is 248 g/mol. The monoisotopic (exact) mass is 274 g/mol. The van der Waals surface area contributed by atoms with Crippen LogP contribution in [-0.2, 0) is 11.2 Å². The normalized spacial score (nSPS) is 16.5. The average Bonchev–Trinajstić information content (AvgIpc) is 2.91. The highest BCUT2D eigenvalue weighted by Crippen LogP contribution is 2.22. The lowest BCUT2D eigenvalue weighted by molar-refractivity contribution is -0.134. The lowest BCUT2D eigenvalue weighted by Crippen LogP contribution is -2.38. The molecule has 1 aromatic carbocycles. The van der Waals surface area contributed by atoms with Crippen LogP contribution in [0.1, 0.15) is 35.1 Å². The molecule has 110 valence electrons. The van der Waals surface area contributed by atoms with Gasteiger partial charge in [0.25, 0.3) is 0 Å². The molecule has 1 aliphatic rings.